The average molecular weight is 222 g/mol. The van der Waals surface area contributed by atoms with Crippen molar-refractivity contribution in [1.82, 2.24) is 5.32 Å². The molecule has 0 spiro atoms. The quantitative estimate of drug-likeness (QED) is 0.620. The standard InChI is InChI=1S/C8H18N2O3S/c1-3-10-8(11)6-14(12,13)5-4-7(2)9/h7H,3-6,9H2,1-2H3,(H,10,11). The molecule has 0 aliphatic rings. The first-order chi connectivity index (χ1) is 6.37. The first kappa shape index (κ1) is 13.4. The van der Waals surface area contributed by atoms with Crippen molar-refractivity contribution >= 4 is 15.7 Å². The summed E-state index contributed by atoms with van der Waals surface area (Å²) in [5, 5.41) is 2.44. The Balaban J connectivity index is 4.01. The largest absolute Gasteiger partial charge is 0.356 e. The normalized spacial score (nSPS) is 13.6. The van der Waals surface area contributed by atoms with Crippen LogP contribution in [0, 0.1) is 0 Å². The average Bonchev–Trinajstić information content (AvgIpc) is 2.00. The zero-order valence-electron chi connectivity index (χ0n) is 8.62. The van der Waals surface area contributed by atoms with Crippen LogP contribution in [0.3, 0.4) is 0 Å². The van der Waals surface area contributed by atoms with E-state index in [-0.39, 0.29) is 11.8 Å². The van der Waals surface area contributed by atoms with Crippen molar-refractivity contribution in [2.75, 3.05) is 18.1 Å². The van der Waals surface area contributed by atoms with Gasteiger partial charge in [-0.15, -0.1) is 0 Å². The number of sulfone groups is 1. The zero-order chi connectivity index (χ0) is 11.2. The van der Waals surface area contributed by atoms with Gasteiger partial charge in [-0.3, -0.25) is 4.79 Å². The number of carbonyl (C=O) groups is 1. The van der Waals surface area contributed by atoms with Gasteiger partial charge < -0.3 is 11.1 Å². The number of rotatable bonds is 6. The Morgan fingerprint density at radius 2 is 2.07 bits per heavy atom. The van der Waals surface area contributed by atoms with Gasteiger partial charge in [-0.2, -0.15) is 0 Å². The Kier molecular flexibility index (Phi) is 5.71. The van der Waals surface area contributed by atoms with Crippen LogP contribution >= 0.6 is 0 Å². The monoisotopic (exact) mass is 222 g/mol. The highest BCUT2D eigenvalue weighted by molar-refractivity contribution is 7.92. The maximum atomic E-state index is 11.3. The third kappa shape index (κ3) is 6.85. The third-order valence-electron chi connectivity index (χ3n) is 1.61. The van der Waals surface area contributed by atoms with Crippen molar-refractivity contribution in [3.63, 3.8) is 0 Å². The van der Waals surface area contributed by atoms with E-state index in [1.165, 1.54) is 0 Å². The summed E-state index contributed by atoms with van der Waals surface area (Å²) in [6.07, 6.45) is 0.391. The summed E-state index contributed by atoms with van der Waals surface area (Å²) in [4.78, 5) is 11.0. The molecule has 0 radical (unpaired) electrons. The van der Waals surface area contributed by atoms with Gasteiger partial charge in [-0.25, -0.2) is 8.42 Å². The van der Waals surface area contributed by atoms with Gasteiger partial charge in [-0.05, 0) is 20.3 Å². The minimum atomic E-state index is -3.29. The Morgan fingerprint density at radius 1 is 1.50 bits per heavy atom. The van der Waals surface area contributed by atoms with E-state index < -0.39 is 21.5 Å². The summed E-state index contributed by atoms with van der Waals surface area (Å²) in [6.45, 7) is 3.93. The predicted octanol–water partition coefficient (Wildman–Crippen LogP) is -0.725. The van der Waals surface area contributed by atoms with Crippen molar-refractivity contribution in [2.45, 2.75) is 26.3 Å². The van der Waals surface area contributed by atoms with E-state index in [1.54, 1.807) is 13.8 Å². The van der Waals surface area contributed by atoms with Crippen LogP contribution in [0.25, 0.3) is 0 Å². The minimum Gasteiger partial charge on any atom is -0.356 e. The molecule has 0 saturated carbocycles. The summed E-state index contributed by atoms with van der Waals surface area (Å²) in [6, 6.07) is -0.154. The van der Waals surface area contributed by atoms with Crippen molar-refractivity contribution in [3.05, 3.63) is 0 Å². The van der Waals surface area contributed by atoms with Crippen LogP contribution in [0.4, 0.5) is 0 Å². The van der Waals surface area contributed by atoms with E-state index in [0.717, 1.165) is 0 Å². The van der Waals surface area contributed by atoms with Crippen LogP contribution < -0.4 is 11.1 Å². The highest BCUT2D eigenvalue weighted by Gasteiger charge is 2.16. The van der Waals surface area contributed by atoms with Gasteiger partial charge in [0, 0.05) is 12.6 Å². The van der Waals surface area contributed by atoms with Crippen LogP contribution in [-0.2, 0) is 14.6 Å². The Hall–Kier alpha value is -0.620. The van der Waals surface area contributed by atoms with E-state index in [1.807, 2.05) is 0 Å². The van der Waals surface area contributed by atoms with Crippen molar-refractivity contribution in [3.8, 4) is 0 Å². The highest BCUT2D eigenvalue weighted by atomic mass is 32.2. The number of carbonyl (C=O) groups excluding carboxylic acids is 1. The van der Waals surface area contributed by atoms with Gasteiger partial charge in [0.15, 0.2) is 9.84 Å². The maximum Gasteiger partial charge on any atom is 0.235 e. The molecule has 6 heteroatoms. The first-order valence-corrected chi connectivity index (χ1v) is 6.42. The molecule has 3 N–H and O–H groups in total. The number of nitrogens with one attached hydrogen (secondary N) is 1. The van der Waals surface area contributed by atoms with Gasteiger partial charge in [0.2, 0.25) is 5.91 Å². The molecule has 0 saturated heterocycles. The lowest BCUT2D eigenvalue weighted by molar-refractivity contribution is -0.118. The van der Waals surface area contributed by atoms with Crippen molar-refractivity contribution in [2.24, 2.45) is 5.73 Å². The molecule has 0 fully saturated rings. The molecule has 0 aromatic rings. The number of nitrogens with two attached hydrogens (primary N) is 1. The molecule has 0 aliphatic heterocycles. The van der Waals surface area contributed by atoms with Gasteiger partial charge >= 0.3 is 0 Å². The molecule has 5 nitrogen and oxygen atoms in total. The molecule has 1 amide bonds. The maximum absolute atomic E-state index is 11.3. The van der Waals surface area contributed by atoms with E-state index in [2.05, 4.69) is 5.32 Å². The fraction of sp³-hybridized carbons (Fsp3) is 0.875. The topological polar surface area (TPSA) is 89.3 Å². The number of hydrogen-bond acceptors (Lipinski definition) is 4. The molecule has 0 aromatic carbocycles. The van der Waals surface area contributed by atoms with Gasteiger partial charge in [0.05, 0.1) is 5.75 Å². The van der Waals surface area contributed by atoms with Crippen molar-refractivity contribution < 1.29 is 13.2 Å². The van der Waals surface area contributed by atoms with Crippen LogP contribution in [-0.4, -0.2) is 38.4 Å². The van der Waals surface area contributed by atoms with Gasteiger partial charge in [0.1, 0.15) is 5.75 Å². The minimum absolute atomic E-state index is 0.0260. The molecule has 1 atom stereocenters. The predicted molar refractivity (Wildman–Crippen MR) is 55.6 cm³/mol. The fourth-order valence-corrected chi connectivity index (χ4v) is 2.26. The lowest BCUT2D eigenvalue weighted by Gasteiger charge is -2.06. The zero-order valence-corrected chi connectivity index (χ0v) is 9.43. The Bertz CT molecular complexity index is 272. The van der Waals surface area contributed by atoms with E-state index >= 15 is 0 Å². The second kappa shape index (κ2) is 5.98. The number of hydrogen-bond donors (Lipinski definition) is 2. The van der Waals surface area contributed by atoms with Crippen molar-refractivity contribution in [1.29, 1.82) is 0 Å². The SMILES string of the molecule is CCNC(=O)CS(=O)(=O)CCC(C)N. The summed E-state index contributed by atoms with van der Waals surface area (Å²) >= 11 is 0. The van der Waals surface area contributed by atoms with Gasteiger partial charge in [-0.1, -0.05) is 0 Å². The van der Waals surface area contributed by atoms with Crippen LogP contribution in [0.5, 0.6) is 0 Å². The second-order valence-electron chi connectivity index (χ2n) is 3.31. The molecule has 84 valence electrons. The molecular weight excluding hydrogens is 204 g/mol. The van der Waals surface area contributed by atoms with Crippen LogP contribution in [0.15, 0.2) is 0 Å². The lowest BCUT2D eigenvalue weighted by Crippen LogP contribution is -2.32. The van der Waals surface area contributed by atoms with E-state index in [4.69, 9.17) is 5.73 Å². The summed E-state index contributed by atoms with van der Waals surface area (Å²) < 4.78 is 22.6. The summed E-state index contributed by atoms with van der Waals surface area (Å²) in [7, 11) is -3.29. The molecule has 14 heavy (non-hydrogen) atoms. The van der Waals surface area contributed by atoms with E-state index in [0.29, 0.717) is 13.0 Å². The Labute approximate surface area is 85.0 Å². The number of amides is 1. The highest BCUT2D eigenvalue weighted by Crippen LogP contribution is 1.96. The molecule has 0 aromatic heterocycles. The van der Waals surface area contributed by atoms with Crippen LogP contribution in [0.2, 0.25) is 0 Å². The first-order valence-electron chi connectivity index (χ1n) is 4.60. The van der Waals surface area contributed by atoms with Gasteiger partial charge in [0.25, 0.3) is 0 Å². The summed E-state index contributed by atoms with van der Waals surface area (Å²) in [5.41, 5.74) is 5.42. The Morgan fingerprint density at radius 3 is 2.50 bits per heavy atom. The smallest absolute Gasteiger partial charge is 0.235 e. The molecular formula is C8H18N2O3S. The van der Waals surface area contributed by atoms with E-state index in [9.17, 15) is 13.2 Å². The van der Waals surface area contributed by atoms with Crippen LogP contribution in [0.1, 0.15) is 20.3 Å². The molecule has 0 heterocycles. The second-order valence-corrected chi connectivity index (χ2v) is 5.50. The molecule has 0 rings (SSSR count). The molecule has 0 bridgehead atoms. The third-order valence-corrected chi connectivity index (χ3v) is 3.17. The summed E-state index contributed by atoms with van der Waals surface area (Å²) in [5.74, 6) is -0.910. The molecule has 1 unspecified atom stereocenters. The molecule has 0 aliphatic carbocycles. The lowest BCUT2D eigenvalue weighted by atomic mass is 10.3. The fourth-order valence-electron chi connectivity index (χ4n) is 0.886.